The van der Waals surface area contributed by atoms with Crippen molar-refractivity contribution in [1.29, 1.82) is 0 Å². The molecule has 1 heterocycles. The molecule has 1 aromatic heterocycles. The predicted molar refractivity (Wildman–Crippen MR) is 123 cm³/mol. The SMILES string of the molecule is COc1ccc(CCCc2nnc(SCC(=O)Nc3ccc(Cl)c(Br)c3)o2)cc1C. The molecule has 2 aromatic carbocycles. The molecule has 0 aliphatic heterocycles. The largest absolute Gasteiger partial charge is 0.496 e. The number of carbonyl (C=O) groups excluding carboxylic acids is 1. The van der Waals surface area contributed by atoms with Crippen molar-refractivity contribution in [2.45, 2.75) is 31.4 Å². The number of aryl methyl sites for hydroxylation is 3. The average molecular weight is 511 g/mol. The van der Waals surface area contributed by atoms with Gasteiger partial charge in [0.2, 0.25) is 11.8 Å². The van der Waals surface area contributed by atoms with Gasteiger partial charge in [0.25, 0.3) is 5.22 Å². The second kappa shape index (κ2) is 10.8. The number of aromatic nitrogens is 2. The Bertz CT molecular complexity index is 1030. The summed E-state index contributed by atoms with van der Waals surface area (Å²) in [6, 6.07) is 11.4. The molecule has 0 atom stereocenters. The van der Waals surface area contributed by atoms with Crippen LogP contribution in [-0.4, -0.2) is 29.0 Å². The molecule has 0 unspecified atom stereocenters. The Balaban J connectivity index is 1.42. The van der Waals surface area contributed by atoms with Crippen LogP contribution in [-0.2, 0) is 17.6 Å². The zero-order chi connectivity index (χ0) is 21.5. The third-order valence-electron chi connectivity index (χ3n) is 4.29. The number of ether oxygens (including phenoxy) is 1. The third kappa shape index (κ3) is 6.48. The Labute approximate surface area is 192 Å². The van der Waals surface area contributed by atoms with Crippen LogP contribution < -0.4 is 10.1 Å². The van der Waals surface area contributed by atoms with E-state index in [4.69, 9.17) is 20.8 Å². The highest BCUT2D eigenvalue weighted by molar-refractivity contribution is 9.10. The highest BCUT2D eigenvalue weighted by atomic mass is 79.9. The quantitative estimate of drug-likeness (QED) is 0.372. The van der Waals surface area contributed by atoms with E-state index < -0.39 is 0 Å². The van der Waals surface area contributed by atoms with Gasteiger partial charge in [-0.05, 0) is 71.1 Å². The van der Waals surface area contributed by atoms with E-state index in [0.29, 0.717) is 28.2 Å². The van der Waals surface area contributed by atoms with E-state index in [9.17, 15) is 4.79 Å². The van der Waals surface area contributed by atoms with Gasteiger partial charge in [0, 0.05) is 16.6 Å². The van der Waals surface area contributed by atoms with E-state index in [-0.39, 0.29) is 11.7 Å². The van der Waals surface area contributed by atoms with Crippen molar-refractivity contribution in [3.8, 4) is 5.75 Å². The molecule has 158 valence electrons. The number of methoxy groups -OCH3 is 1. The van der Waals surface area contributed by atoms with Gasteiger partial charge in [-0.25, -0.2) is 0 Å². The van der Waals surface area contributed by atoms with Crippen molar-refractivity contribution in [2.24, 2.45) is 0 Å². The molecule has 6 nitrogen and oxygen atoms in total. The van der Waals surface area contributed by atoms with Crippen molar-refractivity contribution >= 4 is 50.9 Å². The molecule has 0 radical (unpaired) electrons. The monoisotopic (exact) mass is 509 g/mol. The standard InChI is InChI=1S/C21H21BrClN3O3S/c1-13-10-14(6-9-18(13)28-2)4-3-5-20-25-26-21(29-20)30-12-19(27)24-15-7-8-17(23)16(22)11-15/h6-11H,3-5,12H2,1-2H3,(H,24,27). The number of halogens is 2. The predicted octanol–water partition coefficient (Wildman–Crippen LogP) is 5.71. The molecule has 9 heteroatoms. The lowest BCUT2D eigenvalue weighted by Crippen LogP contribution is -2.13. The molecule has 0 bridgehead atoms. The normalized spacial score (nSPS) is 10.8. The van der Waals surface area contributed by atoms with Crippen LogP contribution in [0, 0.1) is 6.92 Å². The molecule has 0 fully saturated rings. The second-order valence-electron chi connectivity index (χ2n) is 6.58. The van der Waals surface area contributed by atoms with Gasteiger partial charge in [-0.2, -0.15) is 0 Å². The van der Waals surface area contributed by atoms with E-state index in [1.807, 2.05) is 13.0 Å². The fourth-order valence-electron chi connectivity index (χ4n) is 2.84. The number of hydrogen-bond donors (Lipinski definition) is 1. The van der Waals surface area contributed by atoms with Gasteiger partial charge < -0.3 is 14.5 Å². The van der Waals surface area contributed by atoms with Gasteiger partial charge in [-0.15, -0.1) is 10.2 Å². The fourth-order valence-corrected chi connectivity index (χ4v) is 3.91. The molecule has 0 aliphatic rings. The zero-order valence-electron chi connectivity index (χ0n) is 16.6. The summed E-state index contributed by atoms with van der Waals surface area (Å²) in [6.45, 7) is 2.03. The van der Waals surface area contributed by atoms with E-state index in [2.05, 4.69) is 43.6 Å². The van der Waals surface area contributed by atoms with Gasteiger partial charge in [0.15, 0.2) is 0 Å². The van der Waals surface area contributed by atoms with Crippen molar-refractivity contribution in [3.05, 3.63) is 62.9 Å². The molecule has 1 N–H and O–H groups in total. The average Bonchev–Trinajstić information content (AvgIpc) is 3.17. The number of carbonyl (C=O) groups is 1. The van der Waals surface area contributed by atoms with E-state index >= 15 is 0 Å². The molecule has 0 aliphatic carbocycles. The maximum absolute atomic E-state index is 12.1. The van der Waals surface area contributed by atoms with Crippen LogP contribution >= 0.6 is 39.3 Å². The number of nitrogens with zero attached hydrogens (tertiary/aromatic N) is 2. The second-order valence-corrected chi connectivity index (χ2v) is 8.77. The Hall–Kier alpha value is -2.03. The minimum atomic E-state index is -0.163. The number of benzene rings is 2. The van der Waals surface area contributed by atoms with Gasteiger partial charge in [0.05, 0.1) is 17.9 Å². The fraction of sp³-hybridized carbons (Fsp3) is 0.286. The molecule has 1 amide bonds. The molecular weight excluding hydrogens is 490 g/mol. The molecule has 3 rings (SSSR count). The first-order valence-electron chi connectivity index (χ1n) is 9.28. The summed E-state index contributed by atoms with van der Waals surface area (Å²) in [5.74, 6) is 1.48. The van der Waals surface area contributed by atoms with E-state index in [1.165, 1.54) is 17.3 Å². The highest BCUT2D eigenvalue weighted by Crippen LogP contribution is 2.26. The van der Waals surface area contributed by atoms with Crippen LogP contribution in [0.4, 0.5) is 5.69 Å². The lowest BCUT2D eigenvalue weighted by atomic mass is 10.1. The summed E-state index contributed by atoms with van der Waals surface area (Å²) < 4.78 is 11.6. The van der Waals surface area contributed by atoms with E-state index in [1.54, 1.807) is 25.3 Å². The highest BCUT2D eigenvalue weighted by Gasteiger charge is 2.11. The van der Waals surface area contributed by atoms with Crippen LogP contribution in [0.5, 0.6) is 5.75 Å². The van der Waals surface area contributed by atoms with Crippen molar-refractivity contribution < 1.29 is 13.9 Å². The Morgan fingerprint density at radius 3 is 2.80 bits per heavy atom. The minimum absolute atomic E-state index is 0.163. The van der Waals surface area contributed by atoms with Gasteiger partial charge in [-0.3, -0.25) is 4.79 Å². The van der Waals surface area contributed by atoms with Crippen molar-refractivity contribution in [1.82, 2.24) is 10.2 Å². The Morgan fingerprint density at radius 2 is 2.07 bits per heavy atom. The van der Waals surface area contributed by atoms with Crippen molar-refractivity contribution in [2.75, 3.05) is 18.2 Å². The Kier molecular flexibility index (Phi) is 8.18. The van der Waals surface area contributed by atoms with Crippen LogP contribution in [0.1, 0.15) is 23.4 Å². The number of nitrogens with one attached hydrogen (secondary N) is 1. The Morgan fingerprint density at radius 1 is 1.23 bits per heavy atom. The maximum atomic E-state index is 12.1. The number of amides is 1. The molecule has 30 heavy (non-hydrogen) atoms. The summed E-state index contributed by atoms with van der Waals surface area (Å²) in [5.41, 5.74) is 3.03. The number of thioether (sulfide) groups is 1. The minimum Gasteiger partial charge on any atom is -0.496 e. The number of hydrogen-bond acceptors (Lipinski definition) is 6. The van der Waals surface area contributed by atoms with Crippen LogP contribution in [0.3, 0.4) is 0 Å². The van der Waals surface area contributed by atoms with Crippen LogP contribution in [0.15, 0.2) is 50.5 Å². The lowest BCUT2D eigenvalue weighted by molar-refractivity contribution is -0.113. The smallest absolute Gasteiger partial charge is 0.277 e. The third-order valence-corrected chi connectivity index (χ3v) is 6.33. The summed E-state index contributed by atoms with van der Waals surface area (Å²) in [5, 5.41) is 11.9. The summed E-state index contributed by atoms with van der Waals surface area (Å²) >= 11 is 10.5. The summed E-state index contributed by atoms with van der Waals surface area (Å²) in [7, 11) is 1.67. The molecule has 0 saturated heterocycles. The van der Waals surface area contributed by atoms with Gasteiger partial charge in [-0.1, -0.05) is 35.5 Å². The van der Waals surface area contributed by atoms with Crippen LogP contribution in [0.25, 0.3) is 0 Å². The van der Waals surface area contributed by atoms with Crippen LogP contribution in [0.2, 0.25) is 5.02 Å². The molecule has 3 aromatic rings. The lowest BCUT2D eigenvalue weighted by Gasteiger charge is -2.06. The number of rotatable bonds is 9. The summed E-state index contributed by atoms with van der Waals surface area (Å²) in [4.78, 5) is 12.1. The first-order valence-corrected chi connectivity index (χ1v) is 11.4. The first kappa shape index (κ1) is 22.7. The first-order chi connectivity index (χ1) is 14.4. The van der Waals surface area contributed by atoms with E-state index in [0.717, 1.165) is 28.6 Å². The van der Waals surface area contributed by atoms with Crippen molar-refractivity contribution in [3.63, 3.8) is 0 Å². The summed E-state index contributed by atoms with van der Waals surface area (Å²) in [6.07, 6.45) is 2.49. The zero-order valence-corrected chi connectivity index (χ0v) is 19.7. The number of anilines is 1. The van der Waals surface area contributed by atoms with Gasteiger partial charge >= 0.3 is 0 Å². The molecule has 0 spiro atoms. The van der Waals surface area contributed by atoms with Gasteiger partial charge in [0.1, 0.15) is 5.75 Å². The molecule has 0 saturated carbocycles. The topological polar surface area (TPSA) is 77.2 Å². The maximum Gasteiger partial charge on any atom is 0.277 e. The molecular formula is C21H21BrClN3O3S.